The van der Waals surface area contributed by atoms with Crippen LogP contribution in [0.1, 0.15) is 25.0 Å². The molecule has 28 heavy (non-hydrogen) atoms. The van der Waals surface area contributed by atoms with Crippen molar-refractivity contribution in [1.29, 1.82) is 0 Å². The number of nitrogens with one attached hydrogen (secondary N) is 1. The molecular formula is C19H22N2O5S2. The fraction of sp³-hybridized carbons (Fsp3) is 0.316. The summed E-state index contributed by atoms with van der Waals surface area (Å²) in [4.78, 5) is 12.4. The van der Waals surface area contributed by atoms with Crippen LogP contribution in [0.15, 0.2) is 47.4 Å². The lowest BCUT2D eigenvalue weighted by Crippen LogP contribution is -2.32. The van der Waals surface area contributed by atoms with Gasteiger partial charge in [-0.2, -0.15) is 0 Å². The van der Waals surface area contributed by atoms with Gasteiger partial charge in [0.25, 0.3) is 10.0 Å². The number of benzene rings is 2. The van der Waals surface area contributed by atoms with E-state index in [-0.39, 0.29) is 16.3 Å². The number of carbonyl (C=O) groups is 1. The molecule has 1 amide bonds. The van der Waals surface area contributed by atoms with Crippen LogP contribution in [0.4, 0.5) is 11.4 Å². The normalized spacial score (nSPS) is 18.3. The Morgan fingerprint density at radius 3 is 2.00 bits per heavy atom. The summed E-state index contributed by atoms with van der Waals surface area (Å²) in [6.45, 7) is 6.88. The Balaban J connectivity index is 1.91. The molecule has 0 unspecified atom stereocenters. The summed E-state index contributed by atoms with van der Waals surface area (Å²) < 4.78 is 53.2. The number of carbonyl (C=O) groups excluding carboxylic acids is 1. The van der Waals surface area contributed by atoms with Crippen molar-refractivity contribution in [2.75, 3.05) is 14.8 Å². The minimum absolute atomic E-state index is 0.0290. The maximum Gasteiger partial charge on any atom is 0.261 e. The number of sulfonamides is 2. The van der Waals surface area contributed by atoms with Gasteiger partial charge in [0.15, 0.2) is 0 Å². The highest BCUT2D eigenvalue weighted by Crippen LogP contribution is 2.36. The molecule has 1 heterocycles. The molecule has 150 valence electrons. The first-order valence-electron chi connectivity index (χ1n) is 8.60. The predicted molar refractivity (Wildman–Crippen MR) is 108 cm³/mol. The number of rotatable bonds is 4. The average molecular weight is 423 g/mol. The van der Waals surface area contributed by atoms with Crippen molar-refractivity contribution < 1.29 is 21.6 Å². The van der Waals surface area contributed by atoms with E-state index < -0.39 is 31.4 Å². The molecule has 1 fully saturated rings. The summed E-state index contributed by atoms with van der Waals surface area (Å²) in [6, 6.07) is 10.6. The van der Waals surface area contributed by atoms with E-state index in [9.17, 15) is 21.6 Å². The quantitative estimate of drug-likeness (QED) is 0.817. The van der Waals surface area contributed by atoms with Gasteiger partial charge >= 0.3 is 0 Å². The fourth-order valence-corrected chi connectivity index (χ4v) is 6.42. The molecule has 0 aromatic heterocycles. The summed E-state index contributed by atoms with van der Waals surface area (Å²) in [7, 11) is -7.64. The molecule has 1 aliphatic heterocycles. The van der Waals surface area contributed by atoms with E-state index in [4.69, 9.17) is 0 Å². The van der Waals surface area contributed by atoms with Crippen LogP contribution < -0.4 is 9.03 Å². The lowest BCUT2D eigenvalue weighted by Gasteiger charge is -2.18. The molecule has 2 aromatic carbocycles. The van der Waals surface area contributed by atoms with E-state index in [1.807, 2.05) is 19.9 Å². The molecule has 1 N–H and O–H groups in total. The van der Waals surface area contributed by atoms with Crippen LogP contribution in [0.3, 0.4) is 0 Å². The Kier molecular flexibility index (Phi) is 4.79. The Labute approximate surface area is 165 Å². The van der Waals surface area contributed by atoms with Crippen LogP contribution in [0, 0.1) is 19.3 Å². The molecule has 0 atom stereocenters. The Bertz CT molecular complexity index is 1130. The second-order valence-corrected chi connectivity index (χ2v) is 11.2. The van der Waals surface area contributed by atoms with Gasteiger partial charge in [-0.15, -0.1) is 0 Å². The molecule has 3 rings (SSSR count). The smallest absolute Gasteiger partial charge is 0.261 e. The van der Waals surface area contributed by atoms with Crippen molar-refractivity contribution in [2.24, 2.45) is 5.41 Å². The molecule has 2 aromatic rings. The molecule has 1 aliphatic rings. The first-order valence-corrected chi connectivity index (χ1v) is 11.7. The number of nitrogens with zero attached hydrogens (tertiary/aromatic N) is 1. The average Bonchev–Trinajstić information content (AvgIpc) is 2.69. The van der Waals surface area contributed by atoms with E-state index in [0.717, 1.165) is 15.4 Å². The van der Waals surface area contributed by atoms with E-state index in [1.165, 1.54) is 24.3 Å². The van der Waals surface area contributed by atoms with Gasteiger partial charge in [-0.25, -0.2) is 21.1 Å². The van der Waals surface area contributed by atoms with Crippen LogP contribution in [0.25, 0.3) is 0 Å². The topological polar surface area (TPSA) is 101 Å². The molecular weight excluding hydrogens is 400 g/mol. The predicted octanol–water partition coefficient (Wildman–Crippen LogP) is 2.81. The van der Waals surface area contributed by atoms with Crippen LogP contribution in [-0.4, -0.2) is 28.5 Å². The molecule has 0 radical (unpaired) electrons. The SMILES string of the molecule is Cc1cc(C)cc(NS(=O)(=O)c2ccc(N3C(=O)C(C)(C)CS3(=O)=O)cc2)c1. The largest absolute Gasteiger partial charge is 0.280 e. The molecule has 0 saturated carbocycles. The third-order valence-electron chi connectivity index (χ3n) is 4.44. The third kappa shape index (κ3) is 3.77. The summed E-state index contributed by atoms with van der Waals surface area (Å²) in [5, 5.41) is 0. The second-order valence-electron chi connectivity index (χ2n) is 7.69. The summed E-state index contributed by atoms with van der Waals surface area (Å²) in [5.41, 5.74) is 1.40. The van der Waals surface area contributed by atoms with Gasteiger partial charge in [0.2, 0.25) is 15.9 Å². The van der Waals surface area contributed by atoms with Crippen LogP contribution in [0.2, 0.25) is 0 Å². The van der Waals surface area contributed by atoms with Crippen molar-refractivity contribution in [3.05, 3.63) is 53.6 Å². The first-order chi connectivity index (χ1) is 12.8. The highest BCUT2D eigenvalue weighted by atomic mass is 32.2. The molecule has 1 saturated heterocycles. The van der Waals surface area contributed by atoms with Gasteiger partial charge in [-0.1, -0.05) is 6.07 Å². The molecule has 9 heteroatoms. The van der Waals surface area contributed by atoms with Gasteiger partial charge in [-0.3, -0.25) is 9.52 Å². The van der Waals surface area contributed by atoms with Crippen LogP contribution in [-0.2, 0) is 24.8 Å². The minimum Gasteiger partial charge on any atom is -0.280 e. The monoisotopic (exact) mass is 422 g/mol. The zero-order chi connectivity index (χ0) is 20.9. The standard InChI is InChI=1S/C19H22N2O5S2/c1-13-9-14(2)11-15(10-13)20-28(25,26)17-7-5-16(6-8-17)21-18(22)19(3,4)12-27(21,23)24/h5-11,20H,12H2,1-4H3. The van der Waals surface area contributed by atoms with Gasteiger partial charge in [-0.05, 0) is 75.2 Å². The zero-order valence-electron chi connectivity index (χ0n) is 16.1. The maximum atomic E-state index is 12.6. The Hall–Kier alpha value is -2.39. The molecule has 0 spiro atoms. The van der Waals surface area contributed by atoms with Crippen molar-refractivity contribution in [1.82, 2.24) is 0 Å². The van der Waals surface area contributed by atoms with Gasteiger partial charge in [0.1, 0.15) is 0 Å². The number of aryl methyl sites for hydroxylation is 2. The highest BCUT2D eigenvalue weighted by molar-refractivity contribution is 7.94. The van der Waals surface area contributed by atoms with E-state index in [0.29, 0.717) is 5.69 Å². The minimum atomic E-state index is -3.86. The van der Waals surface area contributed by atoms with E-state index >= 15 is 0 Å². The van der Waals surface area contributed by atoms with Crippen molar-refractivity contribution in [2.45, 2.75) is 32.6 Å². The van der Waals surface area contributed by atoms with Gasteiger partial charge < -0.3 is 0 Å². The summed E-state index contributed by atoms with van der Waals surface area (Å²) in [6.07, 6.45) is 0. The van der Waals surface area contributed by atoms with Gasteiger partial charge in [0.05, 0.1) is 21.8 Å². The number of hydrogen-bond donors (Lipinski definition) is 1. The molecule has 0 bridgehead atoms. The number of amides is 1. The van der Waals surface area contributed by atoms with E-state index in [1.54, 1.807) is 26.0 Å². The lowest BCUT2D eigenvalue weighted by atomic mass is 9.95. The van der Waals surface area contributed by atoms with Crippen molar-refractivity contribution in [3.63, 3.8) is 0 Å². The van der Waals surface area contributed by atoms with Gasteiger partial charge in [0, 0.05) is 5.69 Å². The lowest BCUT2D eigenvalue weighted by molar-refractivity contribution is -0.123. The Morgan fingerprint density at radius 1 is 1.00 bits per heavy atom. The number of anilines is 2. The second kappa shape index (κ2) is 6.59. The first kappa shape index (κ1) is 20.3. The fourth-order valence-electron chi connectivity index (χ4n) is 3.27. The molecule has 7 nitrogen and oxygen atoms in total. The third-order valence-corrected chi connectivity index (χ3v) is 7.86. The molecule has 0 aliphatic carbocycles. The highest BCUT2D eigenvalue weighted by Gasteiger charge is 2.49. The van der Waals surface area contributed by atoms with Crippen LogP contribution in [0.5, 0.6) is 0 Å². The Morgan fingerprint density at radius 2 is 1.54 bits per heavy atom. The summed E-state index contributed by atoms with van der Waals surface area (Å²) >= 11 is 0. The van der Waals surface area contributed by atoms with Crippen LogP contribution >= 0.6 is 0 Å². The maximum absolute atomic E-state index is 12.6. The van der Waals surface area contributed by atoms with E-state index in [2.05, 4.69) is 4.72 Å². The number of hydrogen-bond acceptors (Lipinski definition) is 5. The van der Waals surface area contributed by atoms with Crippen molar-refractivity contribution in [3.8, 4) is 0 Å². The summed E-state index contributed by atoms with van der Waals surface area (Å²) in [5.74, 6) is -0.816. The zero-order valence-corrected chi connectivity index (χ0v) is 17.7. The van der Waals surface area contributed by atoms with Crippen molar-refractivity contribution >= 4 is 37.3 Å².